The highest BCUT2D eigenvalue weighted by Crippen LogP contribution is 2.34. The normalized spacial score (nSPS) is 14.9. The molecule has 2 nitrogen and oxygen atoms in total. The third-order valence-electron chi connectivity index (χ3n) is 4.93. The van der Waals surface area contributed by atoms with E-state index in [9.17, 15) is 0 Å². The smallest absolute Gasteiger partial charge is 0.112 e. The molecule has 0 bridgehead atoms. The Balaban J connectivity index is 2.61. The number of benzene rings is 2. The van der Waals surface area contributed by atoms with Crippen LogP contribution < -0.4 is 10.4 Å². The van der Waals surface area contributed by atoms with Gasteiger partial charge in [-0.05, 0) is 11.1 Å². The van der Waals surface area contributed by atoms with Gasteiger partial charge in [0.1, 0.15) is 12.2 Å². The Morgan fingerprint density at radius 3 is 1.15 bits per heavy atom. The SMILES string of the molecule is CO[C@H](c1ccccc1[Si](C)(C)C)[C@H](OC)c1ccccc1[Si](C)(C)C. The Hall–Kier alpha value is -1.21. The number of ether oxygens (including phenoxy) is 2. The maximum absolute atomic E-state index is 6.06. The lowest BCUT2D eigenvalue weighted by molar-refractivity contribution is -0.0387. The molecule has 4 heteroatoms. The molecule has 0 saturated heterocycles. The molecule has 142 valence electrons. The highest BCUT2D eigenvalue weighted by molar-refractivity contribution is 6.89. The molecule has 0 fully saturated rings. The molecule has 0 heterocycles. The molecule has 0 aliphatic rings. The van der Waals surface area contributed by atoms with Gasteiger partial charge in [-0.1, -0.05) is 98.2 Å². The highest BCUT2D eigenvalue weighted by atomic mass is 28.3. The summed E-state index contributed by atoms with van der Waals surface area (Å²) in [5.41, 5.74) is 2.54. The second-order valence-electron chi connectivity index (χ2n) is 8.99. The monoisotopic (exact) mass is 386 g/mol. The maximum Gasteiger partial charge on any atom is 0.112 e. The average Bonchev–Trinajstić information content (AvgIpc) is 2.58. The zero-order chi connectivity index (χ0) is 19.5. The Kier molecular flexibility index (Phi) is 6.67. The van der Waals surface area contributed by atoms with Gasteiger partial charge >= 0.3 is 0 Å². The molecule has 0 radical (unpaired) electrons. The van der Waals surface area contributed by atoms with Crippen LogP contribution in [0.2, 0.25) is 39.3 Å². The Morgan fingerprint density at radius 1 is 0.577 bits per heavy atom. The minimum Gasteiger partial charge on any atom is -0.374 e. The van der Waals surface area contributed by atoms with Crippen LogP contribution in [0.25, 0.3) is 0 Å². The van der Waals surface area contributed by atoms with Crippen LogP contribution in [-0.4, -0.2) is 30.4 Å². The number of hydrogen-bond donors (Lipinski definition) is 0. The number of hydrogen-bond acceptors (Lipinski definition) is 2. The van der Waals surface area contributed by atoms with E-state index in [-0.39, 0.29) is 12.2 Å². The Bertz CT molecular complexity index is 666. The molecule has 0 saturated carbocycles. The van der Waals surface area contributed by atoms with Crippen molar-refractivity contribution in [1.82, 2.24) is 0 Å². The van der Waals surface area contributed by atoms with Crippen molar-refractivity contribution in [2.45, 2.75) is 51.5 Å². The van der Waals surface area contributed by atoms with Crippen LogP contribution in [0.1, 0.15) is 23.3 Å². The molecule has 0 unspecified atom stereocenters. The Morgan fingerprint density at radius 2 is 0.885 bits per heavy atom. The molecule has 2 aromatic carbocycles. The van der Waals surface area contributed by atoms with Gasteiger partial charge < -0.3 is 9.47 Å². The molecule has 26 heavy (non-hydrogen) atoms. The zero-order valence-electron chi connectivity index (χ0n) is 17.6. The molecule has 0 N–H and O–H groups in total. The van der Waals surface area contributed by atoms with Crippen molar-refractivity contribution in [1.29, 1.82) is 0 Å². The molecule has 2 atom stereocenters. The summed E-state index contributed by atoms with van der Waals surface area (Å²) in [5.74, 6) is 0. The summed E-state index contributed by atoms with van der Waals surface area (Å²) < 4.78 is 12.1. The third-order valence-corrected chi connectivity index (χ3v) is 9.08. The lowest BCUT2D eigenvalue weighted by Crippen LogP contribution is -2.43. The molecular formula is C22H34O2Si2. The van der Waals surface area contributed by atoms with E-state index in [0.29, 0.717) is 0 Å². The first-order valence-corrected chi connectivity index (χ1v) is 16.4. The van der Waals surface area contributed by atoms with Crippen molar-refractivity contribution in [3.8, 4) is 0 Å². The predicted octanol–water partition coefficient (Wildman–Crippen LogP) is 4.85. The van der Waals surface area contributed by atoms with Crippen LogP contribution in [0.4, 0.5) is 0 Å². The van der Waals surface area contributed by atoms with Crippen LogP contribution in [0.15, 0.2) is 48.5 Å². The van der Waals surface area contributed by atoms with Crippen LogP contribution in [0, 0.1) is 0 Å². The Labute approximate surface area is 161 Å². The molecule has 0 spiro atoms. The van der Waals surface area contributed by atoms with E-state index in [1.807, 2.05) is 0 Å². The summed E-state index contributed by atoms with van der Waals surface area (Å²) in [6.07, 6.45) is -0.221. The largest absolute Gasteiger partial charge is 0.374 e. The van der Waals surface area contributed by atoms with E-state index in [0.717, 1.165) is 0 Å². The van der Waals surface area contributed by atoms with E-state index in [2.05, 4.69) is 87.8 Å². The zero-order valence-corrected chi connectivity index (χ0v) is 19.6. The first kappa shape index (κ1) is 21.1. The molecule has 0 aliphatic carbocycles. The number of methoxy groups -OCH3 is 2. The first-order chi connectivity index (χ1) is 12.1. The molecule has 2 aromatic rings. The fraction of sp³-hybridized carbons (Fsp3) is 0.455. The quantitative estimate of drug-likeness (QED) is 0.633. The standard InChI is InChI=1S/C22H34O2Si2/c1-23-21(17-13-9-11-15-19(17)25(3,4)5)22(24-2)18-14-10-12-16-20(18)26(6,7)8/h9-16,21-22H,1-8H3/t21-,22-/m1/s1. The molecular weight excluding hydrogens is 352 g/mol. The summed E-state index contributed by atoms with van der Waals surface area (Å²) in [6.45, 7) is 14.3. The van der Waals surface area contributed by atoms with Crippen molar-refractivity contribution in [3.05, 3.63) is 59.7 Å². The van der Waals surface area contributed by atoms with E-state index < -0.39 is 16.1 Å². The summed E-state index contributed by atoms with van der Waals surface area (Å²) in [6, 6.07) is 17.5. The van der Waals surface area contributed by atoms with Crippen molar-refractivity contribution in [2.75, 3.05) is 14.2 Å². The van der Waals surface area contributed by atoms with Gasteiger partial charge in [-0.25, -0.2) is 0 Å². The molecule has 0 amide bonds. The first-order valence-electron chi connectivity index (χ1n) is 9.35. The second-order valence-corrected chi connectivity index (χ2v) is 19.1. The van der Waals surface area contributed by atoms with Crippen molar-refractivity contribution < 1.29 is 9.47 Å². The molecule has 2 rings (SSSR count). The summed E-state index contributed by atoms with van der Waals surface area (Å²) >= 11 is 0. The van der Waals surface area contributed by atoms with Crippen LogP contribution >= 0.6 is 0 Å². The maximum atomic E-state index is 6.06. The van der Waals surface area contributed by atoms with Gasteiger partial charge in [-0.3, -0.25) is 0 Å². The minimum absolute atomic E-state index is 0.111. The van der Waals surface area contributed by atoms with Crippen molar-refractivity contribution in [3.63, 3.8) is 0 Å². The lowest BCUT2D eigenvalue weighted by Gasteiger charge is -2.33. The fourth-order valence-corrected chi connectivity index (χ4v) is 7.06. The summed E-state index contributed by atoms with van der Waals surface area (Å²) in [7, 11) is 0.614. The van der Waals surface area contributed by atoms with E-state index in [1.165, 1.54) is 21.5 Å². The van der Waals surface area contributed by atoms with E-state index in [1.54, 1.807) is 14.2 Å². The van der Waals surface area contributed by atoms with E-state index >= 15 is 0 Å². The van der Waals surface area contributed by atoms with Crippen LogP contribution in [-0.2, 0) is 9.47 Å². The van der Waals surface area contributed by atoms with Crippen LogP contribution in [0.3, 0.4) is 0 Å². The molecule has 0 aliphatic heterocycles. The van der Waals surface area contributed by atoms with Gasteiger partial charge in [0.15, 0.2) is 0 Å². The van der Waals surface area contributed by atoms with Gasteiger partial charge in [-0.2, -0.15) is 0 Å². The van der Waals surface area contributed by atoms with Gasteiger partial charge in [0.25, 0.3) is 0 Å². The fourth-order valence-electron chi connectivity index (χ4n) is 3.68. The van der Waals surface area contributed by atoms with Crippen LogP contribution in [0.5, 0.6) is 0 Å². The van der Waals surface area contributed by atoms with Gasteiger partial charge in [0.2, 0.25) is 0 Å². The van der Waals surface area contributed by atoms with E-state index in [4.69, 9.17) is 9.47 Å². The van der Waals surface area contributed by atoms with Gasteiger partial charge in [0.05, 0.1) is 16.1 Å². The topological polar surface area (TPSA) is 18.5 Å². The van der Waals surface area contributed by atoms with Crippen molar-refractivity contribution in [2.24, 2.45) is 0 Å². The third kappa shape index (κ3) is 4.55. The summed E-state index contributed by atoms with van der Waals surface area (Å²) in [5, 5.41) is 2.89. The lowest BCUT2D eigenvalue weighted by atomic mass is 9.97. The predicted molar refractivity (Wildman–Crippen MR) is 118 cm³/mol. The average molecular weight is 387 g/mol. The van der Waals surface area contributed by atoms with Gasteiger partial charge in [-0.15, -0.1) is 0 Å². The minimum atomic E-state index is -1.49. The second kappa shape index (κ2) is 8.21. The summed E-state index contributed by atoms with van der Waals surface area (Å²) in [4.78, 5) is 0. The highest BCUT2D eigenvalue weighted by Gasteiger charge is 2.33. The van der Waals surface area contributed by atoms with Crippen molar-refractivity contribution >= 4 is 26.5 Å². The van der Waals surface area contributed by atoms with Gasteiger partial charge in [0, 0.05) is 14.2 Å². The number of rotatable bonds is 7. The molecule has 0 aromatic heterocycles.